The molecule has 0 aromatic heterocycles. The Labute approximate surface area is 100 Å². The molecular formula is C15H25N. The Hall–Kier alpha value is -0.590. The monoisotopic (exact) mass is 219 g/mol. The first-order valence-corrected chi connectivity index (χ1v) is 6.99. The lowest BCUT2D eigenvalue weighted by Crippen LogP contribution is -2.17. The number of allylic oxidation sites excluding steroid dienone is 1. The van der Waals surface area contributed by atoms with Crippen molar-refractivity contribution >= 4 is 5.71 Å². The molecule has 0 unspecified atom stereocenters. The van der Waals surface area contributed by atoms with Crippen LogP contribution in [0.2, 0.25) is 0 Å². The van der Waals surface area contributed by atoms with Crippen LogP contribution in [0, 0.1) is 11.8 Å². The fourth-order valence-corrected chi connectivity index (χ4v) is 3.40. The van der Waals surface area contributed by atoms with Crippen LogP contribution in [-0.2, 0) is 0 Å². The molecule has 2 rings (SSSR count). The summed E-state index contributed by atoms with van der Waals surface area (Å²) in [6.45, 7) is 7.81. The Bertz CT molecular complexity index is 303. The first kappa shape index (κ1) is 11.9. The maximum atomic E-state index is 4.63. The summed E-state index contributed by atoms with van der Waals surface area (Å²) in [6.07, 6.45) is 8.28. The predicted molar refractivity (Wildman–Crippen MR) is 71.0 cm³/mol. The second-order valence-corrected chi connectivity index (χ2v) is 5.38. The molecule has 1 aliphatic heterocycles. The summed E-state index contributed by atoms with van der Waals surface area (Å²) < 4.78 is 0. The summed E-state index contributed by atoms with van der Waals surface area (Å²) in [4.78, 5) is 4.63. The van der Waals surface area contributed by atoms with Crippen molar-refractivity contribution in [3.8, 4) is 0 Å². The van der Waals surface area contributed by atoms with Gasteiger partial charge >= 0.3 is 0 Å². The molecule has 0 amide bonds. The number of hydrogen-bond donors (Lipinski definition) is 0. The molecule has 0 aromatic carbocycles. The minimum absolute atomic E-state index is 0.860. The van der Waals surface area contributed by atoms with Gasteiger partial charge in [0.2, 0.25) is 0 Å². The number of rotatable bonds is 3. The molecule has 0 radical (unpaired) electrons. The molecule has 1 nitrogen and oxygen atoms in total. The number of hydrogen-bond acceptors (Lipinski definition) is 1. The Morgan fingerprint density at radius 1 is 1.12 bits per heavy atom. The normalized spacial score (nSPS) is 30.8. The lowest BCUT2D eigenvalue weighted by molar-refractivity contribution is 0.293. The molecule has 0 atom stereocenters. The van der Waals surface area contributed by atoms with Gasteiger partial charge in [-0.2, -0.15) is 0 Å². The van der Waals surface area contributed by atoms with E-state index in [2.05, 4.69) is 25.8 Å². The van der Waals surface area contributed by atoms with E-state index in [-0.39, 0.29) is 0 Å². The van der Waals surface area contributed by atoms with E-state index in [1.54, 1.807) is 11.1 Å². The van der Waals surface area contributed by atoms with Crippen LogP contribution >= 0.6 is 0 Å². The summed E-state index contributed by atoms with van der Waals surface area (Å²) in [6, 6.07) is 0. The third-order valence-corrected chi connectivity index (χ3v) is 4.58. The minimum atomic E-state index is 0.860. The van der Waals surface area contributed by atoms with Gasteiger partial charge in [0.05, 0.1) is 6.54 Å². The van der Waals surface area contributed by atoms with Crippen molar-refractivity contribution in [2.75, 3.05) is 6.54 Å². The zero-order chi connectivity index (χ0) is 11.5. The molecule has 2 aliphatic rings. The van der Waals surface area contributed by atoms with Gasteiger partial charge < -0.3 is 0 Å². The van der Waals surface area contributed by atoms with E-state index < -0.39 is 0 Å². The van der Waals surface area contributed by atoms with Crippen molar-refractivity contribution in [3.63, 3.8) is 0 Å². The van der Waals surface area contributed by atoms with Crippen molar-refractivity contribution in [1.82, 2.24) is 0 Å². The molecule has 1 heteroatoms. The van der Waals surface area contributed by atoms with Gasteiger partial charge in [0.15, 0.2) is 0 Å². The van der Waals surface area contributed by atoms with Gasteiger partial charge in [0.25, 0.3) is 0 Å². The molecular weight excluding hydrogens is 194 g/mol. The zero-order valence-electron chi connectivity index (χ0n) is 11.1. The lowest BCUT2D eigenvalue weighted by atomic mass is 9.76. The third-order valence-electron chi connectivity index (χ3n) is 4.58. The number of nitrogens with zero attached hydrogens (tertiary/aromatic N) is 1. The molecule has 1 fully saturated rings. The van der Waals surface area contributed by atoms with E-state index in [1.165, 1.54) is 44.2 Å². The van der Waals surface area contributed by atoms with Crippen molar-refractivity contribution in [2.24, 2.45) is 16.8 Å². The molecule has 0 bridgehead atoms. The van der Waals surface area contributed by atoms with Crippen LogP contribution in [0.15, 0.2) is 16.1 Å². The smallest absolute Gasteiger partial charge is 0.0611 e. The topological polar surface area (TPSA) is 12.4 Å². The fourth-order valence-electron chi connectivity index (χ4n) is 3.40. The molecule has 1 saturated carbocycles. The van der Waals surface area contributed by atoms with Crippen LogP contribution in [0.4, 0.5) is 0 Å². The minimum Gasteiger partial charge on any atom is -0.285 e. The molecule has 1 heterocycles. The molecule has 0 N–H and O–H groups in total. The Morgan fingerprint density at radius 3 is 2.38 bits per heavy atom. The lowest BCUT2D eigenvalue weighted by Gasteiger charge is -2.29. The van der Waals surface area contributed by atoms with Crippen molar-refractivity contribution in [3.05, 3.63) is 11.1 Å². The van der Waals surface area contributed by atoms with E-state index in [4.69, 9.17) is 0 Å². The van der Waals surface area contributed by atoms with Crippen molar-refractivity contribution in [1.29, 1.82) is 0 Å². The summed E-state index contributed by atoms with van der Waals surface area (Å²) in [5, 5.41) is 0. The van der Waals surface area contributed by atoms with Gasteiger partial charge in [0, 0.05) is 5.71 Å². The Kier molecular flexibility index (Phi) is 3.83. The summed E-state index contributed by atoms with van der Waals surface area (Å²) in [7, 11) is 0. The van der Waals surface area contributed by atoms with Gasteiger partial charge in [-0.05, 0) is 62.0 Å². The van der Waals surface area contributed by atoms with Crippen LogP contribution in [0.1, 0.15) is 59.3 Å². The molecule has 0 spiro atoms. The summed E-state index contributed by atoms with van der Waals surface area (Å²) >= 11 is 0. The average molecular weight is 219 g/mol. The zero-order valence-corrected chi connectivity index (χ0v) is 11.1. The molecule has 16 heavy (non-hydrogen) atoms. The largest absolute Gasteiger partial charge is 0.285 e. The highest BCUT2D eigenvalue weighted by Gasteiger charge is 2.26. The summed E-state index contributed by atoms with van der Waals surface area (Å²) in [5.74, 6) is 1.87. The van der Waals surface area contributed by atoms with Gasteiger partial charge in [-0.1, -0.05) is 20.3 Å². The van der Waals surface area contributed by atoms with Gasteiger partial charge in [0.1, 0.15) is 0 Å². The average Bonchev–Trinajstić information content (AvgIpc) is 2.70. The second kappa shape index (κ2) is 5.16. The van der Waals surface area contributed by atoms with Gasteiger partial charge in [-0.3, -0.25) is 4.99 Å². The highest BCUT2D eigenvalue weighted by Crippen LogP contribution is 2.38. The molecule has 0 saturated heterocycles. The van der Waals surface area contributed by atoms with Gasteiger partial charge in [-0.25, -0.2) is 0 Å². The fraction of sp³-hybridized carbons (Fsp3) is 0.800. The maximum absolute atomic E-state index is 4.63. The first-order chi connectivity index (χ1) is 7.76. The SMILES string of the molecule is CCC1=C(C2CCC(CC)CC2)CN=C1C. The van der Waals surface area contributed by atoms with E-state index in [0.29, 0.717) is 0 Å². The van der Waals surface area contributed by atoms with Crippen molar-refractivity contribution < 1.29 is 0 Å². The second-order valence-electron chi connectivity index (χ2n) is 5.38. The quantitative estimate of drug-likeness (QED) is 0.668. The van der Waals surface area contributed by atoms with E-state index in [9.17, 15) is 0 Å². The molecule has 0 aromatic rings. The standard InChI is InChI=1S/C15H25N/c1-4-12-6-8-13(9-7-12)15-10-16-11(3)14(15)5-2/h12-13H,4-10H2,1-3H3. The van der Waals surface area contributed by atoms with Crippen molar-refractivity contribution in [2.45, 2.75) is 59.3 Å². The molecule has 90 valence electrons. The third kappa shape index (κ3) is 2.23. The van der Waals surface area contributed by atoms with Crippen LogP contribution in [0.5, 0.6) is 0 Å². The number of aliphatic imine (C=N–C) groups is 1. The predicted octanol–water partition coefficient (Wildman–Crippen LogP) is 4.38. The van der Waals surface area contributed by atoms with E-state index >= 15 is 0 Å². The van der Waals surface area contributed by atoms with Crippen LogP contribution in [0.25, 0.3) is 0 Å². The highest BCUT2D eigenvalue weighted by atomic mass is 14.8. The first-order valence-electron chi connectivity index (χ1n) is 6.99. The molecule has 1 aliphatic carbocycles. The van der Waals surface area contributed by atoms with Crippen LogP contribution in [0.3, 0.4) is 0 Å². The van der Waals surface area contributed by atoms with Crippen LogP contribution < -0.4 is 0 Å². The summed E-state index contributed by atoms with van der Waals surface area (Å²) in [5.41, 5.74) is 4.59. The van der Waals surface area contributed by atoms with E-state index in [0.717, 1.165) is 18.4 Å². The Balaban J connectivity index is 2.02. The van der Waals surface area contributed by atoms with E-state index in [1.807, 2.05) is 0 Å². The Morgan fingerprint density at radius 2 is 1.81 bits per heavy atom. The van der Waals surface area contributed by atoms with Gasteiger partial charge in [-0.15, -0.1) is 0 Å². The highest BCUT2D eigenvalue weighted by molar-refractivity contribution is 6.00. The maximum Gasteiger partial charge on any atom is 0.0611 e. The van der Waals surface area contributed by atoms with Crippen LogP contribution in [-0.4, -0.2) is 12.3 Å².